The molecule has 6 nitrogen and oxygen atoms in total. The number of imide groups is 1. The molecule has 27 heavy (non-hydrogen) atoms. The number of alkyl halides is 2. The Hall–Kier alpha value is -3.00. The molecule has 0 unspecified atom stereocenters. The molecule has 1 aliphatic rings. The van der Waals surface area contributed by atoms with Gasteiger partial charge in [0.25, 0.3) is 11.8 Å². The van der Waals surface area contributed by atoms with Crippen LogP contribution in [-0.2, 0) is 4.79 Å². The molecule has 3 amide bonds. The van der Waals surface area contributed by atoms with E-state index in [-0.39, 0.29) is 29.4 Å². The number of amides is 3. The first-order chi connectivity index (χ1) is 12.9. The Bertz CT molecular complexity index is 885. The second kappa shape index (κ2) is 7.71. The van der Waals surface area contributed by atoms with Gasteiger partial charge < -0.3 is 10.1 Å². The maximum absolute atomic E-state index is 12.2. The van der Waals surface area contributed by atoms with E-state index in [4.69, 9.17) is 11.6 Å². The van der Waals surface area contributed by atoms with Crippen molar-refractivity contribution in [3.63, 3.8) is 0 Å². The largest absolute Gasteiger partial charge is 0.433 e. The molecule has 2 aromatic carbocycles. The molecule has 0 spiro atoms. The summed E-state index contributed by atoms with van der Waals surface area (Å²) in [5.41, 5.74) is 0.891. The van der Waals surface area contributed by atoms with Crippen LogP contribution in [0.15, 0.2) is 42.5 Å². The average Bonchev–Trinajstić information content (AvgIpc) is 2.86. The topological polar surface area (TPSA) is 75.7 Å². The lowest BCUT2D eigenvalue weighted by Crippen LogP contribution is -2.32. The zero-order chi connectivity index (χ0) is 19.6. The van der Waals surface area contributed by atoms with Gasteiger partial charge in [-0.3, -0.25) is 19.3 Å². The van der Waals surface area contributed by atoms with E-state index in [9.17, 15) is 23.2 Å². The van der Waals surface area contributed by atoms with Crippen LogP contribution in [0.2, 0.25) is 5.02 Å². The lowest BCUT2D eigenvalue weighted by molar-refractivity contribution is -0.116. The van der Waals surface area contributed by atoms with E-state index in [0.29, 0.717) is 11.1 Å². The Labute approximate surface area is 157 Å². The number of anilines is 1. The van der Waals surface area contributed by atoms with E-state index in [2.05, 4.69) is 10.1 Å². The molecular formula is C18H13ClF2N2O4. The number of fused-ring (bicyclic) bond motifs is 1. The number of benzene rings is 2. The first-order valence-electron chi connectivity index (χ1n) is 7.86. The number of halogens is 3. The van der Waals surface area contributed by atoms with Gasteiger partial charge in [-0.1, -0.05) is 23.7 Å². The highest BCUT2D eigenvalue weighted by molar-refractivity contribution is 6.32. The van der Waals surface area contributed by atoms with Crippen LogP contribution in [-0.4, -0.2) is 35.8 Å². The summed E-state index contributed by atoms with van der Waals surface area (Å²) in [6.45, 7) is -3.10. The smallest absolute Gasteiger partial charge is 0.387 e. The molecule has 1 heterocycles. The number of ether oxygens (including phenoxy) is 1. The van der Waals surface area contributed by atoms with Gasteiger partial charge in [0, 0.05) is 18.7 Å². The fourth-order valence-electron chi connectivity index (χ4n) is 2.65. The summed E-state index contributed by atoms with van der Waals surface area (Å²) in [4.78, 5) is 37.5. The lowest BCUT2D eigenvalue weighted by Gasteiger charge is -2.14. The predicted molar refractivity (Wildman–Crippen MR) is 93.1 cm³/mol. The minimum Gasteiger partial charge on any atom is -0.433 e. The Balaban J connectivity index is 1.59. The van der Waals surface area contributed by atoms with Gasteiger partial charge in [-0.2, -0.15) is 8.78 Å². The van der Waals surface area contributed by atoms with Gasteiger partial charge >= 0.3 is 6.61 Å². The van der Waals surface area contributed by atoms with Crippen molar-refractivity contribution in [2.45, 2.75) is 13.0 Å². The molecule has 2 aromatic rings. The summed E-state index contributed by atoms with van der Waals surface area (Å²) in [5.74, 6) is -1.57. The number of rotatable bonds is 6. The maximum atomic E-state index is 12.2. The zero-order valence-corrected chi connectivity index (χ0v) is 14.5. The summed E-state index contributed by atoms with van der Waals surface area (Å²) >= 11 is 5.82. The van der Waals surface area contributed by atoms with Crippen molar-refractivity contribution in [1.82, 2.24) is 4.90 Å². The number of hydrogen-bond donors (Lipinski definition) is 1. The van der Waals surface area contributed by atoms with Gasteiger partial charge in [-0.05, 0) is 30.3 Å². The summed E-state index contributed by atoms with van der Waals surface area (Å²) in [7, 11) is 0. The monoisotopic (exact) mass is 394 g/mol. The van der Waals surface area contributed by atoms with Gasteiger partial charge in [-0.25, -0.2) is 0 Å². The Morgan fingerprint density at radius 2 is 1.74 bits per heavy atom. The van der Waals surface area contributed by atoms with Crippen LogP contribution < -0.4 is 10.1 Å². The molecule has 140 valence electrons. The highest BCUT2D eigenvalue weighted by Gasteiger charge is 2.34. The highest BCUT2D eigenvalue weighted by Crippen LogP contribution is 2.29. The molecule has 3 rings (SSSR count). The second-order valence-corrected chi connectivity index (χ2v) is 6.04. The van der Waals surface area contributed by atoms with Gasteiger partial charge in [0.2, 0.25) is 5.91 Å². The van der Waals surface area contributed by atoms with Crippen molar-refractivity contribution in [1.29, 1.82) is 0 Å². The number of hydrogen-bond acceptors (Lipinski definition) is 4. The average molecular weight is 395 g/mol. The van der Waals surface area contributed by atoms with Gasteiger partial charge in [0.15, 0.2) is 0 Å². The minimum absolute atomic E-state index is 0.0848. The fraction of sp³-hybridized carbons (Fsp3) is 0.167. The van der Waals surface area contributed by atoms with Crippen LogP contribution in [0.1, 0.15) is 27.1 Å². The number of nitrogens with zero attached hydrogens (tertiary/aromatic N) is 1. The van der Waals surface area contributed by atoms with E-state index in [1.807, 2.05) is 0 Å². The summed E-state index contributed by atoms with van der Waals surface area (Å²) < 4.78 is 28.6. The molecule has 0 fully saturated rings. The Morgan fingerprint density at radius 1 is 1.11 bits per heavy atom. The van der Waals surface area contributed by atoms with E-state index >= 15 is 0 Å². The standard InChI is InChI=1S/C18H13ClF2N2O4/c19-13-9-10(5-6-14(13)27-18(20)21)22-15(24)7-8-23-16(25)11-3-1-2-4-12(11)17(23)26/h1-6,9,18H,7-8H2,(H,22,24). The molecule has 0 aromatic heterocycles. The maximum Gasteiger partial charge on any atom is 0.387 e. The van der Waals surface area contributed by atoms with Crippen LogP contribution in [0.25, 0.3) is 0 Å². The molecule has 0 aliphatic carbocycles. The van der Waals surface area contributed by atoms with Crippen LogP contribution in [0.5, 0.6) is 5.75 Å². The van der Waals surface area contributed by atoms with Gasteiger partial charge in [0.1, 0.15) is 5.75 Å². The summed E-state index contributed by atoms with van der Waals surface area (Å²) in [6, 6.07) is 10.2. The van der Waals surface area contributed by atoms with Crippen LogP contribution >= 0.6 is 11.6 Å². The quantitative estimate of drug-likeness (QED) is 0.760. The number of carbonyl (C=O) groups excluding carboxylic acids is 3. The van der Waals surface area contributed by atoms with Crippen molar-refractivity contribution in [3.8, 4) is 5.75 Å². The van der Waals surface area contributed by atoms with Crippen LogP contribution in [0, 0.1) is 0 Å². The van der Waals surface area contributed by atoms with Crippen molar-refractivity contribution >= 4 is 35.0 Å². The van der Waals surface area contributed by atoms with Crippen LogP contribution in [0.3, 0.4) is 0 Å². The van der Waals surface area contributed by atoms with Gasteiger partial charge in [0.05, 0.1) is 16.1 Å². The summed E-state index contributed by atoms with van der Waals surface area (Å²) in [6.07, 6.45) is -0.127. The first kappa shape index (κ1) is 18.8. The van der Waals surface area contributed by atoms with Crippen molar-refractivity contribution < 1.29 is 27.9 Å². The van der Waals surface area contributed by atoms with Gasteiger partial charge in [-0.15, -0.1) is 0 Å². The van der Waals surface area contributed by atoms with Crippen molar-refractivity contribution in [2.24, 2.45) is 0 Å². The Kier molecular flexibility index (Phi) is 5.36. The normalized spacial score (nSPS) is 13.1. The third-order valence-corrected chi connectivity index (χ3v) is 4.17. The fourth-order valence-corrected chi connectivity index (χ4v) is 2.87. The molecule has 0 saturated heterocycles. The van der Waals surface area contributed by atoms with E-state index in [1.54, 1.807) is 24.3 Å². The minimum atomic E-state index is -3.01. The van der Waals surface area contributed by atoms with E-state index in [1.165, 1.54) is 18.2 Å². The number of carbonyl (C=O) groups is 3. The second-order valence-electron chi connectivity index (χ2n) is 5.63. The molecule has 0 atom stereocenters. The van der Waals surface area contributed by atoms with E-state index < -0.39 is 24.3 Å². The van der Waals surface area contributed by atoms with Crippen molar-refractivity contribution in [2.75, 3.05) is 11.9 Å². The molecule has 1 aliphatic heterocycles. The molecule has 0 bridgehead atoms. The molecule has 0 radical (unpaired) electrons. The SMILES string of the molecule is O=C(CCN1C(=O)c2ccccc2C1=O)Nc1ccc(OC(F)F)c(Cl)c1. The first-order valence-corrected chi connectivity index (χ1v) is 8.24. The zero-order valence-electron chi connectivity index (χ0n) is 13.7. The summed E-state index contributed by atoms with van der Waals surface area (Å²) in [5, 5.41) is 2.43. The van der Waals surface area contributed by atoms with Crippen molar-refractivity contribution in [3.05, 3.63) is 58.6 Å². The molecule has 1 N–H and O–H groups in total. The molecule has 0 saturated carbocycles. The highest BCUT2D eigenvalue weighted by atomic mass is 35.5. The predicted octanol–water partition coefficient (Wildman–Crippen LogP) is 3.57. The lowest BCUT2D eigenvalue weighted by atomic mass is 10.1. The third-order valence-electron chi connectivity index (χ3n) is 3.87. The Morgan fingerprint density at radius 3 is 2.30 bits per heavy atom. The molecular weight excluding hydrogens is 382 g/mol. The van der Waals surface area contributed by atoms with E-state index in [0.717, 1.165) is 4.90 Å². The number of nitrogens with one attached hydrogen (secondary N) is 1. The third kappa shape index (κ3) is 4.06. The molecule has 9 heteroatoms. The van der Waals surface area contributed by atoms with Crippen LogP contribution in [0.4, 0.5) is 14.5 Å².